The predicted octanol–water partition coefficient (Wildman–Crippen LogP) is 3.17. The topological polar surface area (TPSA) is 80.5 Å². The van der Waals surface area contributed by atoms with Gasteiger partial charge in [-0.05, 0) is 37.5 Å². The number of likely N-dealkylation sites (tertiary alicyclic amines) is 1. The molecule has 1 fully saturated rings. The number of nitriles is 1. The molecule has 6 nitrogen and oxygen atoms in total. The van der Waals surface area contributed by atoms with Gasteiger partial charge in [-0.2, -0.15) is 5.26 Å². The average molecular weight is 425 g/mol. The van der Waals surface area contributed by atoms with Gasteiger partial charge < -0.3 is 10.2 Å². The first kappa shape index (κ1) is 22.2. The van der Waals surface area contributed by atoms with Crippen LogP contribution in [0.1, 0.15) is 35.7 Å². The fraction of sp³-hybridized carbons (Fsp3) is 0.348. The van der Waals surface area contributed by atoms with Crippen LogP contribution >= 0.6 is 0 Å². The Morgan fingerprint density at radius 2 is 1.77 bits per heavy atom. The molecule has 0 atom stereocenters. The lowest BCUT2D eigenvalue weighted by atomic mass is 9.72. The lowest BCUT2D eigenvalue weighted by molar-refractivity contribution is 0.0923. The summed E-state index contributed by atoms with van der Waals surface area (Å²) in [5, 5.41) is 14.4. The van der Waals surface area contributed by atoms with Crippen molar-refractivity contribution >= 4 is 11.9 Å². The van der Waals surface area contributed by atoms with Crippen molar-refractivity contribution in [3.8, 4) is 6.19 Å². The zero-order valence-electron chi connectivity index (χ0n) is 17.4. The molecule has 3 rings (SSSR count). The number of carbonyl (C=O) groups excluding carboxylic acids is 1. The van der Waals surface area contributed by atoms with Crippen molar-refractivity contribution in [1.82, 2.24) is 15.5 Å². The van der Waals surface area contributed by atoms with Gasteiger partial charge in [-0.25, -0.2) is 8.78 Å². The molecule has 0 radical (unpaired) electrons. The summed E-state index contributed by atoms with van der Waals surface area (Å²) in [4.78, 5) is 18.9. The third kappa shape index (κ3) is 5.00. The van der Waals surface area contributed by atoms with Crippen molar-refractivity contribution in [2.24, 2.45) is 4.99 Å². The fourth-order valence-corrected chi connectivity index (χ4v) is 3.98. The molecule has 0 unspecified atom stereocenters. The summed E-state index contributed by atoms with van der Waals surface area (Å²) >= 11 is 0. The number of aliphatic imine (C=N–C) groups is 1. The van der Waals surface area contributed by atoms with Crippen molar-refractivity contribution in [1.29, 1.82) is 5.26 Å². The first-order valence-corrected chi connectivity index (χ1v) is 10.2. The number of amides is 1. The summed E-state index contributed by atoms with van der Waals surface area (Å²) in [5.74, 6) is -2.01. The SMILES string of the molecule is CCN=C(NC#N)N1CCC(CNC(=O)c2c(F)cccc2F)(c2ccccc2)CC1. The van der Waals surface area contributed by atoms with Crippen LogP contribution in [-0.4, -0.2) is 42.9 Å². The fourth-order valence-electron chi connectivity index (χ4n) is 3.98. The van der Waals surface area contributed by atoms with E-state index >= 15 is 0 Å². The largest absolute Gasteiger partial charge is 0.351 e. The highest BCUT2D eigenvalue weighted by Gasteiger charge is 2.37. The Hall–Kier alpha value is -3.47. The number of guanidine groups is 1. The van der Waals surface area contributed by atoms with Gasteiger partial charge in [-0.3, -0.25) is 15.1 Å². The van der Waals surface area contributed by atoms with Gasteiger partial charge >= 0.3 is 0 Å². The highest BCUT2D eigenvalue weighted by molar-refractivity contribution is 5.94. The number of benzene rings is 2. The second kappa shape index (κ2) is 10.0. The first-order chi connectivity index (χ1) is 15.0. The van der Waals surface area contributed by atoms with Crippen LogP contribution in [0.15, 0.2) is 53.5 Å². The number of hydrogen-bond acceptors (Lipinski definition) is 3. The molecule has 31 heavy (non-hydrogen) atoms. The van der Waals surface area contributed by atoms with Crippen LogP contribution in [0.4, 0.5) is 8.78 Å². The molecule has 1 aliphatic heterocycles. The molecule has 162 valence electrons. The summed E-state index contributed by atoms with van der Waals surface area (Å²) in [6, 6.07) is 13.2. The molecule has 8 heteroatoms. The Morgan fingerprint density at radius 3 is 2.35 bits per heavy atom. The lowest BCUT2D eigenvalue weighted by Crippen LogP contribution is -2.52. The molecule has 1 aliphatic rings. The van der Waals surface area contributed by atoms with Gasteiger partial charge in [0.1, 0.15) is 17.2 Å². The maximum absolute atomic E-state index is 14.0. The molecule has 0 aliphatic carbocycles. The smallest absolute Gasteiger partial charge is 0.257 e. The van der Waals surface area contributed by atoms with Crippen LogP contribution in [0.2, 0.25) is 0 Å². The van der Waals surface area contributed by atoms with Gasteiger partial charge in [0, 0.05) is 31.6 Å². The number of nitrogens with zero attached hydrogens (tertiary/aromatic N) is 3. The van der Waals surface area contributed by atoms with E-state index in [1.54, 1.807) is 0 Å². The third-order valence-corrected chi connectivity index (χ3v) is 5.66. The second-order valence-electron chi connectivity index (χ2n) is 7.45. The van der Waals surface area contributed by atoms with Crippen molar-refractivity contribution in [2.75, 3.05) is 26.2 Å². The maximum Gasteiger partial charge on any atom is 0.257 e. The summed E-state index contributed by atoms with van der Waals surface area (Å²) in [6.07, 6.45) is 3.27. The molecule has 0 bridgehead atoms. The molecule has 1 saturated heterocycles. The van der Waals surface area contributed by atoms with Crippen LogP contribution in [0.3, 0.4) is 0 Å². The summed E-state index contributed by atoms with van der Waals surface area (Å²) in [6.45, 7) is 3.92. The number of halogens is 2. The molecular formula is C23H25F2N5O. The number of piperidine rings is 1. The minimum atomic E-state index is -0.885. The highest BCUT2D eigenvalue weighted by Crippen LogP contribution is 2.35. The lowest BCUT2D eigenvalue weighted by Gasteiger charge is -2.43. The van der Waals surface area contributed by atoms with Crippen molar-refractivity contribution in [3.63, 3.8) is 0 Å². The van der Waals surface area contributed by atoms with Gasteiger partial charge in [0.15, 0.2) is 6.19 Å². The molecule has 2 aromatic carbocycles. The second-order valence-corrected chi connectivity index (χ2v) is 7.45. The van der Waals surface area contributed by atoms with E-state index in [0.29, 0.717) is 38.4 Å². The number of rotatable bonds is 5. The van der Waals surface area contributed by atoms with Gasteiger partial charge in [0.25, 0.3) is 5.91 Å². The quantitative estimate of drug-likeness (QED) is 0.334. The summed E-state index contributed by atoms with van der Waals surface area (Å²) < 4.78 is 28.0. The van der Waals surface area contributed by atoms with Gasteiger partial charge in [0.2, 0.25) is 5.96 Å². The Bertz CT molecular complexity index is 959. The monoisotopic (exact) mass is 425 g/mol. The normalized spacial score (nSPS) is 15.8. The third-order valence-electron chi connectivity index (χ3n) is 5.66. The van der Waals surface area contributed by atoms with E-state index in [1.807, 2.05) is 48.3 Å². The molecule has 2 aromatic rings. The van der Waals surface area contributed by atoms with E-state index in [4.69, 9.17) is 5.26 Å². The maximum atomic E-state index is 14.0. The molecular weight excluding hydrogens is 400 g/mol. The van der Waals surface area contributed by atoms with E-state index in [0.717, 1.165) is 17.7 Å². The average Bonchev–Trinajstić information content (AvgIpc) is 2.78. The van der Waals surface area contributed by atoms with Crippen LogP contribution < -0.4 is 10.6 Å². The van der Waals surface area contributed by atoms with Crippen LogP contribution in [0, 0.1) is 23.1 Å². The highest BCUT2D eigenvalue weighted by atomic mass is 19.1. The van der Waals surface area contributed by atoms with E-state index < -0.39 is 28.5 Å². The zero-order valence-corrected chi connectivity index (χ0v) is 17.4. The Kier molecular flexibility index (Phi) is 7.19. The Balaban J connectivity index is 1.80. The standard InChI is InChI=1S/C23H25F2N5O/c1-2-27-22(29-16-26)30-13-11-23(12-14-30,17-7-4-3-5-8-17)15-28-21(31)20-18(24)9-6-10-19(20)25/h3-10H,2,11-15H2,1H3,(H,27,29)(H,28,31). The van der Waals surface area contributed by atoms with E-state index in [9.17, 15) is 13.6 Å². The van der Waals surface area contributed by atoms with Crippen LogP contribution in [0.5, 0.6) is 0 Å². The van der Waals surface area contributed by atoms with E-state index in [2.05, 4.69) is 15.6 Å². The number of nitrogens with one attached hydrogen (secondary N) is 2. The molecule has 1 heterocycles. The number of carbonyl (C=O) groups is 1. The van der Waals surface area contributed by atoms with Gasteiger partial charge in [-0.15, -0.1) is 0 Å². The van der Waals surface area contributed by atoms with Crippen LogP contribution in [-0.2, 0) is 5.41 Å². The Labute approximate surface area is 180 Å². The minimum absolute atomic E-state index is 0.239. The zero-order chi connectivity index (χ0) is 22.3. The first-order valence-electron chi connectivity index (χ1n) is 10.2. The van der Waals surface area contributed by atoms with E-state index in [1.165, 1.54) is 6.07 Å². The van der Waals surface area contributed by atoms with Crippen molar-refractivity contribution in [2.45, 2.75) is 25.2 Å². The summed E-state index contributed by atoms with van der Waals surface area (Å²) in [5.41, 5.74) is 0.0731. The molecule has 0 saturated carbocycles. The number of hydrogen-bond donors (Lipinski definition) is 2. The minimum Gasteiger partial charge on any atom is -0.351 e. The van der Waals surface area contributed by atoms with Crippen LogP contribution in [0.25, 0.3) is 0 Å². The van der Waals surface area contributed by atoms with E-state index in [-0.39, 0.29) is 6.54 Å². The van der Waals surface area contributed by atoms with Gasteiger partial charge in [0.05, 0.1) is 0 Å². The predicted molar refractivity (Wildman–Crippen MR) is 114 cm³/mol. The molecule has 1 amide bonds. The summed E-state index contributed by atoms with van der Waals surface area (Å²) in [7, 11) is 0. The molecule has 2 N–H and O–H groups in total. The van der Waals surface area contributed by atoms with Crippen molar-refractivity contribution < 1.29 is 13.6 Å². The molecule has 0 aromatic heterocycles. The van der Waals surface area contributed by atoms with Gasteiger partial charge in [-0.1, -0.05) is 36.4 Å². The molecule has 0 spiro atoms. The Morgan fingerprint density at radius 1 is 1.13 bits per heavy atom. The van der Waals surface area contributed by atoms with Crippen molar-refractivity contribution in [3.05, 3.63) is 71.3 Å².